The Labute approximate surface area is 166 Å². The summed E-state index contributed by atoms with van der Waals surface area (Å²) in [4.78, 5) is 26.8. The molecule has 0 bridgehead atoms. The Morgan fingerprint density at radius 2 is 1.83 bits per heavy atom. The van der Waals surface area contributed by atoms with Crippen molar-refractivity contribution in [2.45, 2.75) is 6.04 Å². The van der Waals surface area contributed by atoms with Gasteiger partial charge in [-0.15, -0.1) is 0 Å². The van der Waals surface area contributed by atoms with Crippen molar-refractivity contribution in [3.8, 4) is 5.75 Å². The molecule has 2 aromatic rings. The number of aliphatic hydroxyl groups excluding tert-OH is 2. The molecule has 8 heteroatoms. The molecule has 5 N–H and O–H groups in total. The third kappa shape index (κ3) is 4.28. The molecular weight excluding hydrogens is 379 g/mol. The summed E-state index contributed by atoms with van der Waals surface area (Å²) in [6.07, 6.45) is 0. The third-order valence-corrected chi connectivity index (χ3v) is 4.75. The molecule has 0 spiro atoms. The Kier molecular flexibility index (Phi) is 6.26. The zero-order valence-electron chi connectivity index (χ0n) is 15.6. The maximum Gasteiger partial charge on any atom is 0.295 e. The summed E-state index contributed by atoms with van der Waals surface area (Å²) < 4.78 is 13.2. The predicted molar refractivity (Wildman–Crippen MR) is 102 cm³/mol. The van der Waals surface area contributed by atoms with E-state index < -0.39 is 29.3 Å². The number of rotatable bonds is 7. The molecule has 152 valence electrons. The summed E-state index contributed by atoms with van der Waals surface area (Å²) in [6.45, 7) is 1.08. The van der Waals surface area contributed by atoms with E-state index in [-0.39, 0.29) is 30.0 Å². The van der Waals surface area contributed by atoms with E-state index in [1.807, 2.05) is 0 Å². The highest BCUT2D eigenvalue weighted by Crippen LogP contribution is 2.39. The van der Waals surface area contributed by atoms with Gasteiger partial charge in [0.05, 0.1) is 37.9 Å². The van der Waals surface area contributed by atoms with E-state index in [0.29, 0.717) is 18.7 Å². The van der Waals surface area contributed by atoms with Crippen LogP contribution in [-0.4, -0.2) is 58.2 Å². The SMILES string of the molecule is O=C1C(=O)N(CC[NH2+]CCO)[C@@H](c2cccc(O)c2)C1=C(O)c1ccc(F)cc1. The summed E-state index contributed by atoms with van der Waals surface area (Å²) in [5.41, 5.74) is 0.561. The van der Waals surface area contributed by atoms with E-state index in [4.69, 9.17) is 5.11 Å². The average molecular weight is 401 g/mol. The molecule has 2 aromatic carbocycles. The quantitative estimate of drug-likeness (QED) is 0.234. The number of aromatic hydroxyl groups is 1. The smallest absolute Gasteiger partial charge is 0.295 e. The van der Waals surface area contributed by atoms with Gasteiger partial charge in [0.1, 0.15) is 17.3 Å². The fraction of sp³-hybridized carbons (Fsp3) is 0.238. The number of ketones is 1. The summed E-state index contributed by atoms with van der Waals surface area (Å²) >= 11 is 0. The Morgan fingerprint density at radius 1 is 1.10 bits per heavy atom. The Balaban J connectivity index is 2.07. The summed E-state index contributed by atoms with van der Waals surface area (Å²) in [5, 5.41) is 31.4. The zero-order chi connectivity index (χ0) is 21.0. The summed E-state index contributed by atoms with van der Waals surface area (Å²) in [5.74, 6) is -2.55. The molecule has 7 nitrogen and oxygen atoms in total. The number of phenols is 1. The Bertz CT molecular complexity index is 942. The number of nitrogens with two attached hydrogens (primary N) is 1. The number of carbonyl (C=O) groups excluding carboxylic acids is 2. The van der Waals surface area contributed by atoms with Crippen molar-refractivity contribution in [3.63, 3.8) is 0 Å². The van der Waals surface area contributed by atoms with Crippen LogP contribution < -0.4 is 5.32 Å². The van der Waals surface area contributed by atoms with Crippen LogP contribution in [0.1, 0.15) is 17.2 Å². The number of hydrogen-bond acceptors (Lipinski definition) is 5. The first kappa shape index (κ1) is 20.5. The van der Waals surface area contributed by atoms with Crippen molar-refractivity contribution in [1.29, 1.82) is 0 Å². The molecule has 1 saturated heterocycles. The van der Waals surface area contributed by atoms with Crippen LogP contribution in [0, 0.1) is 5.82 Å². The maximum absolute atomic E-state index is 13.2. The molecule has 1 aliphatic heterocycles. The van der Waals surface area contributed by atoms with Crippen molar-refractivity contribution in [2.24, 2.45) is 0 Å². The number of Topliss-reactive ketones (excluding diaryl/α,β-unsaturated/α-hetero) is 1. The van der Waals surface area contributed by atoms with Gasteiger partial charge in [0.25, 0.3) is 11.7 Å². The minimum Gasteiger partial charge on any atom is -0.508 e. The maximum atomic E-state index is 13.2. The minimum absolute atomic E-state index is 0.0145. The van der Waals surface area contributed by atoms with Crippen LogP contribution in [0.2, 0.25) is 0 Å². The van der Waals surface area contributed by atoms with E-state index in [1.54, 1.807) is 17.4 Å². The van der Waals surface area contributed by atoms with E-state index >= 15 is 0 Å². The van der Waals surface area contributed by atoms with Gasteiger partial charge in [-0.05, 0) is 42.0 Å². The standard InChI is InChI=1S/C21H21FN2O5/c22-15-6-4-13(5-7-15)19(27)17-18(14-2-1-3-16(26)12-14)24(21(29)20(17)28)10-8-23-9-11-25/h1-7,12,18,23,25-27H,8-11H2/p+1/t18-/m0/s1. The largest absolute Gasteiger partial charge is 0.508 e. The molecule has 1 heterocycles. The van der Waals surface area contributed by atoms with Crippen molar-refractivity contribution < 1.29 is 34.6 Å². The van der Waals surface area contributed by atoms with Crippen LogP contribution in [0.15, 0.2) is 54.1 Å². The minimum atomic E-state index is -0.894. The lowest BCUT2D eigenvalue weighted by Gasteiger charge is -2.24. The van der Waals surface area contributed by atoms with E-state index in [1.165, 1.54) is 29.2 Å². The molecule has 0 saturated carbocycles. The summed E-state index contributed by atoms with van der Waals surface area (Å²) in [7, 11) is 0. The van der Waals surface area contributed by atoms with Gasteiger partial charge < -0.3 is 25.5 Å². The molecule has 1 amide bonds. The number of nitrogens with zero attached hydrogens (tertiary/aromatic N) is 1. The van der Waals surface area contributed by atoms with E-state index in [0.717, 1.165) is 12.1 Å². The number of carbonyl (C=O) groups is 2. The third-order valence-electron chi connectivity index (χ3n) is 4.75. The van der Waals surface area contributed by atoms with Crippen LogP contribution >= 0.6 is 0 Å². The summed E-state index contributed by atoms with van der Waals surface area (Å²) in [6, 6.07) is 10.2. The van der Waals surface area contributed by atoms with Gasteiger partial charge in [-0.25, -0.2) is 4.39 Å². The van der Waals surface area contributed by atoms with Gasteiger partial charge >= 0.3 is 0 Å². The van der Waals surface area contributed by atoms with Crippen molar-refractivity contribution >= 4 is 17.4 Å². The monoisotopic (exact) mass is 401 g/mol. The highest BCUT2D eigenvalue weighted by Gasteiger charge is 2.46. The number of halogens is 1. The first-order valence-electron chi connectivity index (χ1n) is 9.20. The van der Waals surface area contributed by atoms with Crippen LogP contribution in [0.4, 0.5) is 4.39 Å². The lowest BCUT2D eigenvalue weighted by molar-refractivity contribution is -0.655. The molecule has 1 atom stereocenters. The Morgan fingerprint density at radius 3 is 2.48 bits per heavy atom. The van der Waals surface area contributed by atoms with E-state index in [2.05, 4.69) is 0 Å². The number of quaternary nitrogens is 1. The van der Waals surface area contributed by atoms with Gasteiger partial charge in [0, 0.05) is 5.56 Å². The number of amides is 1. The Hall–Kier alpha value is -3.23. The second-order valence-electron chi connectivity index (χ2n) is 6.68. The molecule has 1 fully saturated rings. The number of likely N-dealkylation sites (tertiary alicyclic amines) is 1. The topological polar surface area (TPSA) is 115 Å². The van der Waals surface area contributed by atoms with Crippen LogP contribution in [0.5, 0.6) is 5.75 Å². The van der Waals surface area contributed by atoms with Gasteiger partial charge in [0.2, 0.25) is 0 Å². The number of hydrogen-bond donors (Lipinski definition) is 4. The van der Waals surface area contributed by atoms with E-state index in [9.17, 15) is 24.2 Å². The zero-order valence-corrected chi connectivity index (χ0v) is 15.6. The molecule has 29 heavy (non-hydrogen) atoms. The van der Waals surface area contributed by atoms with Crippen LogP contribution in [-0.2, 0) is 9.59 Å². The van der Waals surface area contributed by atoms with Crippen molar-refractivity contribution in [2.75, 3.05) is 26.2 Å². The molecule has 3 rings (SSSR count). The second-order valence-corrected chi connectivity index (χ2v) is 6.68. The number of benzene rings is 2. The van der Waals surface area contributed by atoms with Crippen molar-refractivity contribution in [1.82, 2.24) is 4.90 Å². The number of phenolic OH excluding ortho intramolecular Hbond substituents is 1. The second kappa shape index (κ2) is 8.85. The predicted octanol–water partition coefficient (Wildman–Crippen LogP) is 0.509. The average Bonchev–Trinajstić information content (AvgIpc) is 2.96. The molecule has 0 aromatic heterocycles. The molecular formula is C21H22FN2O5+. The highest BCUT2D eigenvalue weighted by atomic mass is 19.1. The van der Waals surface area contributed by atoms with Crippen molar-refractivity contribution in [3.05, 3.63) is 71.0 Å². The van der Waals surface area contributed by atoms with Gasteiger partial charge in [-0.1, -0.05) is 12.1 Å². The fourth-order valence-electron chi connectivity index (χ4n) is 3.38. The van der Waals surface area contributed by atoms with Gasteiger partial charge in [0.15, 0.2) is 0 Å². The normalized spacial score (nSPS) is 18.4. The lowest BCUT2D eigenvalue weighted by atomic mass is 9.95. The van der Waals surface area contributed by atoms with Gasteiger partial charge in [-0.2, -0.15) is 0 Å². The number of aliphatic hydroxyl groups is 2. The highest BCUT2D eigenvalue weighted by molar-refractivity contribution is 6.46. The first-order chi connectivity index (χ1) is 13.9. The lowest BCUT2D eigenvalue weighted by Crippen LogP contribution is -2.86. The first-order valence-corrected chi connectivity index (χ1v) is 9.20. The molecule has 0 radical (unpaired) electrons. The van der Waals surface area contributed by atoms with Crippen LogP contribution in [0.3, 0.4) is 0 Å². The fourth-order valence-corrected chi connectivity index (χ4v) is 3.38. The molecule has 0 aliphatic carbocycles. The van der Waals surface area contributed by atoms with Crippen LogP contribution in [0.25, 0.3) is 5.76 Å². The van der Waals surface area contributed by atoms with Gasteiger partial charge in [-0.3, -0.25) is 9.59 Å². The molecule has 0 unspecified atom stereocenters. The molecule has 1 aliphatic rings.